The lowest BCUT2D eigenvalue weighted by molar-refractivity contribution is -0.129. The van der Waals surface area contributed by atoms with Gasteiger partial charge in [0.2, 0.25) is 5.71 Å². The summed E-state index contributed by atoms with van der Waals surface area (Å²) in [6.45, 7) is 0. The van der Waals surface area contributed by atoms with Gasteiger partial charge in [-0.2, -0.15) is 0 Å². The Bertz CT molecular complexity index is 1210. The zero-order chi connectivity index (χ0) is 24.8. The van der Waals surface area contributed by atoms with E-state index in [2.05, 4.69) is 15.0 Å². The van der Waals surface area contributed by atoms with E-state index in [-0.39, 0.29) is 11.7 Å². The SMILES string of the molecule is CO/N=C(\C(=O)O)c1nc2ccccc2n(C2C[C@H]3CC[C@@H](C2)N3C2CC3CCCCC(C3)C2)c1=O. The van der Waals surface area contributed by atoms with Gasteiger partial charge >= 0.3 is 5.97 Å². The number of para-hydroxylation sites is 2. The van der Waals surface area contributed by atoms with Gasteiger partial charge in [-0.05, 0) is 68.9 Å². The first-order valence-electron chi connectivity index (χ1n) is 13.7. The molecule has 4 bridgehead atoms. The molecule has 0 amide bonds. The fourth-order valence-electron chi connectivity index (χ4n) is 8.05. The van der Waals surface area contributed by atoms with Crippen molar-refractivity contribution < 1.29 is 14.7 Å². The molecule has 2 aliphatic heterocycles. The number of fused-ring (bicyclic) bond motifs is 5. The zero-order valence-corrected chi connectivity index (χ0v) is 21.0. The number of hydrogen-bond acceptors (Lipinski definition) is 6. The molecule has 2 saturated heterocycles. The second-order valence-corrected chi connectivity index (χ2v) is 11.4. The molecule has 3 heterocycles. The van der Waals surface area contributed by atoms with Crippen molar-refractivity contribution in [1.29, 1.82) is 0 Å². The van der Waals surface area contributed by atoms with Crippen molar-refractivity contribution in [2.45, 2.75) is 94.8 Å². The van der Waals surface area contributed by atoms with Gasteiger partial charge in [-0.15, -0.1) is 0 Å². The summed E-state index contributed by atoms with van der Waals surface area (Å²) in [4.78, 5) is 37.7. The molecule has 2 aliphatic carbocycles. The Labute approximate surface area is 211 Å². The van der Waals surface area contributed by atoms with Crippen molar-refractivity contribution in [1.82, 2.24) is 14.5 Å². The van der Waals surface area contributed by atoms with E-state index < -0.39 is 17.2 Å². The molecule has 8 nitrogen and oxygen atoms in total. The van der Waals surface area contributed by atoms with Crippen molar-refractivity contribution >= 4 is 22.7 Å². The maximum Gasteiger partial charge on any atom is 0.360 e. The Morgan fingerprint density at radius 3 is 2.25 bits per heavy atom. The molecule has 1 aromatic heterocycles. The van der Waals surface area contributed by atoms with E-state index >= 15 is 0 Å². The van der Waals surface area contributed by atoms with Crippen molar-refractivity contribution in [3.05, 3.63) is 40.3 Å². The molecule has 3 unspecified atom stereocenters. The number of nitrogens with zero attached hydrogens (tertiary/aromatic N) is 4. The highest BCUT2D eigenvalue weighted by atomic mass is 16.6. The average Bonchev–Trinajstić information content (AvgIpc) is 3.02. The first kappa shape index (κ1) is 23.6. The number of oxime groups is 1. The number of rotatable bonds is 5. The van der Waals surface area contributed by atoms with Crippen LogP contribution in [0.4, 0.5) is 0 Å². The van der Waals surface area contributed by atoms with Gasteiger partial charge in [0.05, 0.1) is 11.0 Å². The summed E-state index contributed by atoms with van der Waals surface area (Å²) in [6.07, 6.45) is 13.9. The molecule has 2 aromatic rings. The predicted octanol–water partition coefficient (Wildman–Crippen LogP) is 4.36. The molecule has 2 saturated carbocycles. The van der Waals surface area contributed by atoms with Crippen LogP contribution in [0.15, 0.2) is 34.2 Å². The maximum atomic E-state index is 13.8. The number of aromatic nitrogens is 2. The highest BCUT2D eigenvalue weighted by molar-refractivity contribution is 6.41. The highest BCUT2D eigenvalue weighted by Gasteiger charge is 2.47. The Morgan fingerprint density at radius 1 is 0.944 bits per heavy atom. The van der Waals surface area contributed by atoms with Crippen LogP contribution in [0.25, 0.3) is 11.0 Å². The Balaban J connectivity index is 1.34. The van der Waals surface area contributed by atoms with Crippen molar-refractivity contribution in [2.75, 3.05) is 7.11 Å². The van der Waals surface area contributed by atoms with Gasteiger partial charge < -0.3 is 14.5 Å². The van der Waals surface area contributed by atoms with Gasteiger partial charge in [-0.25, -0.2) is 9.78 Å². The number of aliphatic carboxylic acids is 1. The summed E-state index contributed by atoms with van der Waals surface area (Å²) in [5.41, 5.74) is 0.355. The van der Waals surface area contributed by atoms with Crippen LogP contribution in [0.5, 0.6) is 0 Å². The maximum absolute atomic E-state index is 13.8. The first-order valence-corrected chi connectivity index (χ1v) is 13.7. The number of carboxylic acid groups (broad SMARTS) is 1. The van der Waals surface area contributed by atoms with Crippen LogP contribution >= 0.6 is 0 Å². The van der Waals surface area contributed by atoms with Crippen molar-refractivity contribution in [3.63, 3.8) is 0 Å². The van der Waals surface area contributed by atoms with Crippen LogP contribution in [0, 0.1) is 11.8 Å². The normalized spacial score (nSPS) is 32.9. The number of carbonyl (C=O) groups is 1. The van der Waals surface area contributed by atoms with Gasteiger partial charge in [0.25, 0.3) is 5.56 Å². The molecule has 1 N–H and O–H groups in total. The lowest BCUT2D eigenvalue weighted by Crippen LogP contribution is -2.52. The topological polar surface area (TPSA) is 97.0 Å². The average molecular weight is 493 g/mol. The Morgan fingerprint density at radius 2 is 1.61 bits per heavy atom. The van der Waals surface area contributed by atoms with E-state index in [1.165, 1.54) is 64.9 Å². The Hall–Kier alpha value is -2.74. The summed E-state index contributed by atoms with van der Waals surface area (Å²) >= 11 is 0. The number of piperidine rings is 1. The van der Waals surface area contributed by atoms with E-state index in [4.69, 9.17) is 4.84 Å². The summed E-state index contributed by atoms with van der Waals surface area (Å²) in [5.74, 6) is 0.450. The lowest BCUT2D eigenvalue weighted by Gasteiger charge is -2.48. The number of benzene rings is 1. The predicted molar refractivity (Wildman–Crippen MR) is 137 cm³/mol. The fourth-order valence-corrected chi connectivity index (χ4v) is 8.05. The van der Waals surface area contributed by atoms with Crippen molar-refractivity contribution in [2.24, 2.45) is 17.0 Å². The number of hydrogen-bond donors (Lipinski definition) is 1. The molecule has 4 aliphatic rings. The van der Waals surface area contributed by atoms with Crippen molar-refractivity contribution in [3.8, 4) is 0 Å². The summed E-state index contributed by atoms with van der Waals surface area (Å²) in [6, 6.07) is 9.17. The van der Waals surface area contributed by atoms with Gasteiger partial charge in [0.15, 0.2) is 5.69 Å². The van der Waals surface area contributed by atoms with Gasteiger partial charge in [0.1, 0.15) is 7.11 Å². The van der Waals surface area contributed by atoms with E-state index in [0.717, 1.165) is 30.2 Å². The third-order valence-electron chi connectivity index (χ3n) is 9.31. The number of carboxylic acids is 1. The van der Waals surface area contributed by atoms with Crippen LogP contribution in [-0.4, -0.2) is 56.5 Å². The van der Waals surface area contributed by atoms with Crippen LogP contribution < -0.4 is 5.56 Å². The second-order valence-electron chi connectivity index (χ2n) is 11.4. The molecule has 6 rings (SSSR count). The van der Waals surface area contributed by atoms with Crippen LogP contribution in [0.1, 0.15) is 82.4 Å². The molecule has 5 atom stereocenters. The third kappa shape index (κ3) is 4.13. The highest BCUT2D eigenvalue weighted by Crippen LogP contribution is 2.47. The molecule has 36 heavy (non-hydrogen) atoms. The largest absolute Gasteiger partial charge is 0.476 e. The fraction of sp³-hybridized carbons (Fsp3) is 0.643. The quantitative estimate of drug-likeness (QED) is 0.492. The van der Waals surface area contributed by atoms with Crippen LogP contribution in [-0.2, 0) is 9.63 Å². The molecule has 192 valence electrons. The second kappa shape index (κ2) is 9.61. The zero-order valence-electron chi connectivity index (χ0n) is 21.0. The lowest BCUT2D eigenvalue weighted by atomic mass is 9.76. The van der Waals surface area contributed by atoms with Crippen LogP contribution in [0.2, 0.25) is 0 Å². The van der Waals surface area contributed by atoms with Gasteiger partial charge in [0, 0.05) is 24.2 Å². The minimum Gasteiger partial charge on any atom is -0.476 e. The Kier molecular flexibility index (Phi) is 6.32. The van der Waals surface area contributed by atoms with Gasteiger partial charge in [-0.1, -0.05) is 43.0 Å². The van der Waals surface area contributed by atoms with E-state index in [1.54, 1.807) is 0 Å². The van der Waals surface area contributed by atoms with E-state index in [9.17, 15) is 14.7 Å². The molecule has 4 fully saturated rings. The minimum absolute atomic E-state index is 0.0151. The van der Waals surface area contributed by atoms with E-state index in [0.29, 0.717) is 23.6 Å². The summed E-state index contributed by atoms with van der Waals surface area (Å²) in [7, 11) is 1.28. The molecule has 8 heteroatoms. The molecular formula is C28H36N4O4. The molecular weight excluding hydrogens is 456 g/mol. The molecule has 0 radical (unpaired) electrons. The first-order chi connectivity index (χ1) is 17.5. The molecule has 0 spiro atoms. The molecule has 1 aromatic carbocycles. The standard InChI is InChI=1S/C28H36N4O4/c1-36-30-26(28(34)35)25-27(33)32(24-9-5-4-8-23(24)29-25)22-15-19-10-11-20(16-22)31(19)21-13-17-6-2-3-7-18(12-17)14-21/h4-5,8-9,17-22H,2-3,6-7,10-16H2,1H3,(H,34,35)/b30-26-/t17?,18?,19-,20+,21?,22?. The van der Waals surface area contributed by atoms with Gasteiger partial charge in [-0.3, -0.25) is 9.69 Å². The third-order valence-corrected chi connectivity index (χ3v) is 9.31. The monoisotopic (exact) mass is 492 g/mol. The smallest absolute Gasteiger partial charge is 0.360 e. The van der Waals surface area contributed by atoms with Crippen LogP contribution in [0.3, 0.4) is 0 Å². The summed E-state index contributed by atoms with van der Waals surface area (Å²) in [5, 5.41) is 13.3. The summed E-state index contributed by atoms with van der Waals surface area (Å²) < 4.78 is 1.81. The minimum atomic E-state index is -1.32. The van der Waals surface area contributed by atoms with E-state index in [1.807, 2.05) is 28.8 Å².